The molecule has 1 atom stereocenters. The minimum Gasteiger partial charge on any atom is -0.313 e. The molecule has 1 saturated carbocycles. The largest absolute Gasteiger partial charge is 0.313 e. The molecule has 72 valence electrons. The van der Waals surface area contributed by atoms with E-state index in [1.807, 2.05) is 0 Å². The second kappa shape index (κ2) is 4.24. The van der Waals surface area contributed by atoms with Crippen molar-refractivity contribution in [1.82, 2.24) is 0 Å². The van der Waals surface area contributed by atoms with E-state index >= 15 is 0 Å². The van der Waals surface area contributed by atoms with Gasteiger partial charge in [-0.05, 0) is 18.8 Å². The molecule has 0 spiro atoms. The summed E-state index contributed by atoms with van der Waals surface area (Å²) in [7, 11) is 0. The predicted octanol–water partition coefficient (Wildman–Crippen LogP) is 1.98. The monoisotopic (exact) mass is 170 g/mol. The van der Waals surface area contributed by atoms with Crippen molar-refractivity contribution in [3.05, 3.63) is 0 Å². The lowest BCUT2D eigenvalue weighted by molar-refractivity contribution is 0.218. The van der Waals surface area contributed by atoms with Crippen LogP contribution in [-0.2, 0) is 0 Å². The third-order valence-corrected chi connectivity index (χ3v) is 2.89. The van der Waals surface area contributed by atoms with Gasteiger partial charge < -0.3 is 11.5 Å². The molecule has 1 aliphatic rings. The van der Waals surface area contributed by atoms with Crippen LogP contribution >= 0.6 is 0 Å². The summed E-state index contributed by atoms with van der Waals surface area (Å²) < 4.78 is 0. The normalized spacial score (nSPS) is 28.8. The molecule has 0 aromatic heterocycles. The fraction of sp³-hybridized carbons (Fsp3) is 1.00. The maximum Gasteiger partial charge on any atom is 0.0639 e. The molecule has 1 fully saturated rings. The maximum atomic E-state index is 5.92. The third kappa shape index (κ3) is 3.11. The average molecular weight is 170 g/mol. The molecule has 0 radical (unpaired) electrons. The van der Waals surface area contributed by atoms with Crippen LogP contribution in [0.1, 0.15) is 51.9 Å². The van der Waals surface area contributed by atoms with Crippen molar-refractivity contribution in [2.45, 2.75) is 57.5 Å². The second-order valence-electron chi connectivity index (χ2n) is 4.34. The maximum absolute atomic E-state index is 5.92. The van der Waals surface area contributed by atoms with Crippen LogP contribution in [0, 0.1) is 5.92 Å². The molecule has 2 nitrogen and oxygen atoms in total. The van der Waals surface area contributed by atoms with E-state index in [1.54, 1.807) is 0 Å². The van der Waals surface area contributed by atoms with E-state index in [1.165, 1.54) is 32.1 Å². The third-order valence-electron chi connectivity index (χ3n) is 2.89. The molecule has 1 rings (SSSR count). The second-order valence-corrected chi connectivity index (χ2v) is 4.34. The number of hydrogen-bond acceptors (Lipinski definition) is 2. The van der Waals surface area contributed by atoms with Crippen LogP contribution in [0.15, 0.2) is 0 Å². The summed E-state index contributed by atoms with van der Waals surface area (Å²) in [6, 6.07) is 0. The lowest BCUT2D eigenvalue weighted by Gasteiger charge is -2.34. The molecule has 0 aromatic rings. The fourth-order valence-electron chi connectivity index (χ4n) is 2.20. The predicted molar refractivity (Wildman–Crippen MR) is 52.6 cm³/mol. The van der Waals surface area contributed by atoms with Gasteiger partial charge in [0, 0.05) is 0 Å². The molecule has 4 N–H and O–H groups in total. The number of hydrogen-bond donors (Lipinski definition) is 2. The van der Waals surface area contributed by atoms with Gasteiger partial charge in [-0.15, -0.1) is 0 Å². The Labute approximate surface area is 75.7 Å². The van der Waals surface area contributed by atoms with Gasteiger partial charge in [-0.2, -0.15) is 0 Å². The van der Waals surface area contributed by atoms with Gasteiger partial charge in [-0.1, -0.05) is 39.0 Å². The van der Waals surface area contributed by atoms with Crippen LogP contribution in [0.4, 0.5) is 0 Å². The molecule has 0 bridgehead atoms. The molecule has 1 aliphatic carbocycles. The van der Waals surface area contributed by atoms with E-state index in [4.69, 9.17) is 11.5 Å². The highest BCUT2D eigenvalue weighted by Crippen LogP contribution is 2.30. The van der Waals surface area contributed by atoms with Crippen LogP contribution < -0.4 is 11.5 Å². The first-order valence-electron chi connectivity index (χ1n) is 5.22. The van der Waals surface area contributed by atoms with Crippen LogP contribution in [0.25, 0.3) is 0 Å². The van der Waals surface area contributed by atoms with Crippen molar-refractivity contribution in [2.24, 2.45) is 17.4 Å². The molecule has 2 heteroatoms. The van der Waals surface area contributed by atoms with Crippen molar-refractivity contribution < 1.29 is 0 Å². The van der Waals surface area contributed by atoms with Gasteiger partial charge in [0.25, 0.3) is 0 Å². The Hall–Kier alpha value is -0.0800. The molecule has 0 aliphatic heterocycles. The summed E-state index contributed by atoms with van der Waals surface area (Å²) in [5.74, 6) is 0.800. The average Bonchev–Trinajstić information content (AvgIpc) is 1.99. The summed E-state index contributed by atoms with van der Waals surface area (Å²) in [6.07, 6.45) is 8.56. The molecule has 0 aromatic carbocycles. The van der Waals surface area contributed by atoms with Crippen molar-refractivity contribution in [1.29, 1.82) is 0 Å². The Morgan fingerprint density at radius 2 is 2.17 bits per heavy atom. The highest BCUT2D eigenvalue weighted by Gasteiger charge is 2.28. The van der Waals surface area contributed by atoms with E-state index in [9.17, 15) is 0 Å². The SMILES string of the molecule is CCCCC1CCCC(N)(N)C1. The van der Waals surface area contributed by atoms with Crippen molar-refractivity contribution in [3.8, 4) is 0 Å². The molecule has 1 unspecified atom stereocenters. The quantitative estimate of drug-likeness (QED) is 0.636. The van der Waals surface area contributed by atoms with Gasteiger partial charge in [0.15, 0.2) is 0 Å². The van der Waals surface area contributed by atoms with Gasteiger partial charge in [0.1, 0.15) is 0 Å². The van der Waals surface area contributed by atoms with Gasteiger partial charge in [-0.3, -0.25) is 0 Å². The summed E-state index contributed by atoms with van der Waals surface area (Å²) in [4.78, 5) is 0. The fourth-order valence-corrected chi connectivity index (χ4v) is 2.20. The standard InChI is InChI=1S/C10H22N2/c1-2-3-5-9-6-4-7-10(11,12)8-9/h9H,2-8,11-12H2,1H3. The van der Waals surface area contributed by atoms with Crippen molar-refractivity contribution >= 4 is 0 Å². The van der Waals surface area contributed by atoms with Crippen LogP contribution in [0.5, 0.6) is 0 Å². The zero-order chi connectivity index (χ0) is 9.03. The summed E-state index contributed by atoms with van der Waals surface area (Å²) in [5.41, 5.74) is 11.5. The lowest BCUT2D eigenvalue weighted by Crippen LogP contribution is -2.52. The highest BCUT2D eigenvalue weighted by molar-refractivity contribution is 4.84. The Morgan fingerprint density at radius 3 is 2.75 bits per heavy atom. The Morgan fingerprint density at radius 1 is 1.42 bits per heavy atom. The minimum absolute atomic E-state index is 0.351. The molecule has 0 heterocycles. The lowest BCUT2D eigenvalue weighted by atomic mass is 9.80. The molecule has 0 amide bonds. The Kier molecular flexibility index (Phi) is 3.53. The summed E-state index contributed by atoms with van der Waals surface area (Å²) in [5, 5.41) is 0. The highest BCUT2D eigenvalue weighted by atomic mass is 15.0. The number of nitrogens with two attached hydrogens (primary N) is 2. The van der Waals surface area contributed by atoms with Gasteiger partial charge in [-0.25, -0.2) is 0 Å². The van der Waals surface area contributed by atoms with Crippen LogP contribution in [0.3, 0.4) is 0 Å². The molecule has 0 saturated heterocycles. The van der Waals surface area contributed by atoms with E-state index in [2.05, 4.69) is 6.92 Å². The molecular formula is C10H22N2. The zero-order valence-electron chi connectivity index (χ0n) is 8.18. The molecular weight excluding hydrogens is 148 g/mol. The first-order chi connectivity index (χ1) is 5.64. The van der Waals surface area contributed by atoms with Crippen LogP contribution in [0.2, 0.25) is 0 Å². The van der Waals surface area contributed by atoms with E-state index in [-0.39, 0.29) is 5.66 Å². The number of unbranched alkanes of at least 4 members (excludes halogenated alkanes) is 1. The minimum atomic E-state index is -0.351. The summed E-state index contributed by atoms with van der Waals surface area (Å²) >= 11 is 0. The van der Waals surface area contributed by atoms with E-state index < -0.39 is 0 Å². The van der Waals surface area contributed by atoms with Gasteiger partial charge in [0.2, 0.25) is 0 Å². The summed E-state index contributed by atoms with van der Waals surface area (Å²) in [6.45, 7) is 2.24. The van der Waals surface area contributed by atoms with E-state index in [0.29, 0.717) is 0 Å². The Bertz CT molecular complexity index is 132. The van der Waals surface area contributed by atoms with Gasteiger partial charge in [0.05, 0.1) is 5.66 Å². The zero-order valence-corrected chi connectivity index (χ0v) is 8.18. The van der Waals surface area contributed by atoms with Crippen molar-refractivity contribution in [2.75, 3.05) is 0 Å². The Balaban J connectivity index is 2.26. The van der Waals surface area contributed by atoms with Gasteiger partial charge >= 0.3 is 0 Å². The first-order valence-corrected chi connectivity index (χ1v) is 5.22. The van der Waals surface area contributed by atoms with Crippen LogP contribution in [-0.4, -0.2) is 5.66 Å². The van der Waals surface area contributed by atoms with Crippen molar-refractivity contribution in [3.63, 3.8) is 0 Å². The smallest absolute Gasteiger partial charge is 0.0639 e. The number of rotatable bonds is 3. The van der Waals surface area contributed by atoms with E-state index in [0.717, 1.165) is 18.8 Å². The topological polar surface area (TPSA) is 52.0 Å². The molecule has 12 heavy (non-hydrogen) atoms. The first kappa shape index (κ1) is 10.0.